The second-order valence-corrected chi connectivity index (χ2v) is 23.1. The predicted octanol–water partition coefficient (Wildman–Crippen LogP) is 10.7. The number of ether oxygens (including phenoxy) is 7. The first kappa shape index (κ1) is 63.6. The largest absolute Gasteiger partial charge is 0.509 e. The zero-order chi connectivity index (χ0) is 60.0. The molecule has 3 aromatic carbocycles. The summed E-state index contributed by atoms with van der Waals surface area (Å²) in [6.07, 6.45) is 8.94. The van der Waals surface area contributed by atoms with E-state index in [1.165, 1.54) is 45.2 Å². The van der Waals surface area contributed by atoms with Gasteiger partial charge in [0.25, 0.3) is 5.91 Å². The van der Waals surface area contributed by atoms with Gasteiger partial charge in [0, 0.05) is 37.7 Å². The molecular formula is C66H83NO16. The van der Waals surface area contributed by atoms with Gasteiger partial charge in [-0.25, -0.2) is 14.4 Å². The van der Waals surface area contributed by atoms with Gasteiger partial charge in [0.2, 0.25) is 6.10 Å². The number of carbonyl (C=O) groups is 7. The quantitative estimate of drug-likeness (QED) is 0.0293. The number of ketones is 1. The lowest BCUT2D eigenvalue weighted by molar-refractivity contribution is -0.346. The maximum Gasteiger partial charge on any atom is 0.509 e. The Bertz CT molecular complexity index is 2830. The number of rotatable bonds is 26. The maximum atomic E-state index is 15.8. The molecule has 2 saturated carbocycles. The Hall–Kier alpha value is -6.95. The minimum Gasteiger partial charge on any atom is -0.455 e. The zero-order valence-electron chi connectivity index (χ0n) is 49.0. The molecule has 7 rings (SSSR count). The van der Waals surface area contributed by atoms with Gasteiger partial charge in [-0.15, -0.1) is 0 Å². The summed E-state index contributed by atoms with van der Waals surface area (Å²) in [6, 6.07) is 22.9. The number of aliphatic hydroxyl groups excluding tert-OH is 1. The van der Waals surface area contributed by atoms with Crippen molar-refractivity contribution >= 4 is 41.7 Å². The standard InChI is InChI=1S/C66H83NO16/c1-8-9-10-11-12-13-14-15-16-17-18-19-20-21-22-32-39-77-62(75)81-55(53(46-33-26-23-27-34-46)67-59(72)47-35-28-24-29-36-47)61(74)80-49-41-66(76)58(82-60(73)48-37-30-25-31-38-48)56-64(7,50(70)40-51-65(56,42-78-51)83-45(4)69)57(71)54(79-44(3)68)52(43(49)2)63(66,5)6/h12-13,15-16,23-31,33-38,49-51,53-56,58,70,76H,8-11,14,17-22,32,39-42H2,1-7H3,(H,67,72)/t49?,50-,51+,53-,54+,55?,56-,58-,64+,65-,66+/m0/s1. The Labute approximate surface area is 487 Å². The Morgan fingerprint density at radius 1 is 0.747 bits per heavy atom. The highest BCUT2D eigenvalue weighted by Gasteiger charge is 2.78. The molecule has 3 fully saturated rings. The van der Waals surface area contributed by atoms with Crippen LogP contribution in [0.2, 0.25) is 0 Å². The van der Waals surface area contributed by atoms with Crippen LogP contribution in [0.5, 0.6) is 0 Å². The fraction of sp³-hybridized carbons (Fsp3) is 0.530. The summed E-state index contributed by atoms with van der Waals surface area (Å²) in [6.45, 7) is 10.1. The van der Waals surface area contributed by atoms with Crippen LogP contribution < -0.4 is 5.32 Å². The highest BCUT2D eigenvalue weighted by Crippen LogP contribution is 2.64. The van der Waals surface area contributed by atoms with Gasteiger partial charge < -0.3 is 48.7 Å². The minimum atomic E-state index is -2.47. The van der Waals surface area contributed by atoms with E-state index in [2.05, 4.69) is 36.5 Å². The Morgan fingerprint density at radius 3 is 1.93 bits per heavy atom. The molecule has 1 amide bonds. The number of carbonyl (C=O) groups excluding carboxylic acids is 7. The Morgan fingerprint density at radius 2 is 1.34 bits per heavy atom. The summed E-state index contributed by atoms with van der Waals surface area (Å²) in [5, 5.41) is 29.2. The minimum absolute atomic E-state index is 0.0347. The Kier molecular flexibility index (Phi) is 21.9. The predicted molar refractivity (Wildman–Crippen MR) is 307 cm³/mol. The molecule has 0 aromatic heterocycles. The van der Waals surface area contributed by atoms with E-state index >= 15 is 9.59 Å². The lowest BCUT2D eigenvalue weighted by Gasteiger charge is -2.67. The van der Waals surface area contributed by atoms with E-state index in [0.717, 1.165) is 65.2 Å². The molecule has 17 heteroatoms. The van der Waals surface area contributed by atoms with Crippen LogP contribution in [0.3, 0.4) is 0 Å². The van der Waals surface area contributed by atoms with Gasteiger partial charge >= 0.3 is 30.0 Å². The third kappa shape index (κ3) is 14.4. The average Bonchev–Trinajstić information content (AvgIpc) is 0.824. The number of allylic oxidation sites excluding steroid dienone is 4. The molecule has 83 heavy (non-hydrogen) atoms. The number of unbranched alkanes of at least 4 members (excludes halogenated alkanes) is 9. The van der Waals surface area contributed by atoms with Crippen molar-refractivity contribution in [1.29, 1.82) is 0 Å². The highest BCUT2D eigenvalue weighted by molar-refractivity contribution is 5.96. The van der Waals surface area contributed by atoms with Crippen molar-refractivity contribution in [2.24, 2.45) is 16.7 Å². The molecule has 17 nitrogen and oxygen atoms in total. The van der Waals surface area contributed by atoms with Gasteiger partial charge in [-0.1, -0.05) is 150 Å². The monoisotopic (exact) mass is 1150 g/mol. The van der Waals surface area contributed by atoms with Gasteiger partial charge in [-0.05, 0) is 93.3 Å². The van der Waals surface area contributed by atoms with E-state index in [1.807, 2.05) is 0 Å². The molecule has 2 unspecified atom stereocenters. The molecule has 448 valence electrons. The van der Waals surface area contributed by atoms with Crippen molar-refractivity contribution in [1.82, 2.24) is 5.32 Å². The number of aliphatic hydroxyl groups is 2. The van der Waals surface area contributed by atoms with Crippen LogP contribution in [0.15, 0.2) is 126 Å². The van der Waals surface area contributed by atoms with E-state index in [1.54, 1.807) is 92.7 Å². The molecule has 3 N–H and O–H groups in total. The smallest absolute Gasteiger partial charge is 0.455 e. The normalized spacial score (nSPS) is 26.9. The maximum absolute atomic E-state index is 15.8. The summed E-state index contributed by atoms with van der Waals surface area (Å²) >= 11 is 0. The summed E-state index contributed by atoms with van der Waals surface area (Å²) in [7, 11) is 0. The van der Waals surface area contributed by atoms with Crippen molar-refractivity contribution < 1.29 is 76.9 Å². The third-order valence-electron chi connectivity index (χ3n) is 17.2. The number of fused-ring (bicyclic) bond motifs is 5. The second kappa shape index (κ2) is 28.6. The first-order chi connectivity index (χ1) is 39.7. The molecule has 2 bridgehead atoms. The van der Waals surface area contributed by atoms with Gasteiger partial charge in [0.15, 0.2) is 17.5 Å². The summed E-state index contributed by atoms with van der Waals surface area (Å²) in [5.74, 6) is -7.01. The number of amides is 1. The van der Waals surface area contributed by atoms with Crippen molar-refractivity contribution in [3.8, 4) is 0 Å². The summed E-state index contributed by atoms with van der Waals surface area (Å²) in [4.78, 5) is 100. The van der Waals surface area contributed by atoms with Gasteiger partial charge in [0.1, 0.15) is 30.0 Å². The van der Waals surface area contributed by atoms with Gasteiger partial charge in [-0.3, -0.25) is 19.2 Å². The van der Waals surface area contributed by atoms with Crippen LogP contribution in [0, 0.1) is 16.7 Å². The number of hydrogen-bond donors (Lipinski definition) is 3. The molecule has 4 aliphatic rings. The number of hydrogen-bond acceptors (Lipinski definition) is 16. The molecule has 0 spiro atoms. The van der Waals surface area contributed by atoms with Crippen LogP contribution in [0.1, 0.15) is 171 Å². The summed E-state index contributed by atoms with van der Waals surface area (Å²) < 4.78 is 42.6. The van der Waals surface area contributed by atoms with Crippen molar-refractivity contribution in [2.75, 3.05) is 13.2 Å². The van der Waals surface area contributed by atoms with Crippen molar-refractivity contribution in [3.63, 3.8) is 0 Å². The molecule has 1 heterocycles. The molecule has 11 atom stereocenters. The first-order valence-electron chi connectivity index (χ1n) is 29.4. The molecule has 1 saturated heterocycles. The lowest BCUT2D eigenvalue weighted by atomic mass is 9.44. The van der Waals surface area contributed by atoms with Crippen LogP contribution in [0.25, 0.3) is 0 Å². The third-order valence-corrected chi connectivity index (χ3v) is 17.2. The topological polar surface area (TPSA) is 237 Å². The number of benzene rings is 3. The average molecular weight is 1150 g/mol. The van der Waals surface area contributed by atoms with Crippen LogP contribution in [0.4, 0.5) is 4.79 Å². The first-order valence-corrected chi connectivity index (χ1v) is 29.4. The fourth-order valence-corrected chi connectivity index (χ4v) is 12.7. The van der Waals surface area contributed by atoms with Gasteiger partial charge in [0.05, 0.1) is 36.2 Å². The zero-order valence-corrected chi connectivity index (χ0v) is 49.0. The molecule has 0 radical (unpaired) electrons. The molecule has 3 aliphatic carbocycles. The van der Waals surface area contributed by atoms with E-state index in [0.29, 0.717) is 12.0 Å². The summed E-state index contributed by atoms with van der Waals surface area (Å²) in [5.41, 5.74) is -7.42. The fourth-order valence-electron chi connectivity index (χ4n) is 12.7. The lowest BCUT2D eigenvalue weighted by Crippen LogP contribution is -2.82. The van der Waals surface area contributed by atoms with Crippen molar-refractivity contribution in [2.45, 2.75) is 192 Å². The van der Waals surface area contributed by atoms with E-state index in [4.69, 9.17) is 33.2 Å². The molecular weight excluding hydrogens is 1060 g/mol. The number of Topliss-reactive ketones (excluding diaryl/α,β-unsaturated/α-hetero) is 1. The molecule has 1 aliphatic heterocycles. The van der Waals surface area contributed by atoms with E-state index in [-0.39, 0.29) is 41.9 Å². The highest BCUT2D eigenvalue weighted by atomic mass is 16.7. The molecule has 3 aromatic rings. The van der Waals surface area contributed by atoms with Gasteiger partial charge in [-0.2, -0.15) is 0 Å². The van der Waals surface area contributed by atoms with Crippen LogP contribution >= 0.6 is 0 Å². The number of esters is 4. The van der Waals surface area contributed by atoms with E-state index in [9.17, 15) is 34.2 Å². The SMILES string of the molecule is CCCCCC=CCC=CCCCCCCCCOC(=O)OC(C(=O)OC1C[C@@]2(O)[C@@H](OC(=O)c3ccccc3)[C@@H]3[C@]4(OC(C)=O)CO[C@@H]4C[C@H](O)[C@@]3(C)C(=O)[C@H](OC(C)=O)C(=C1C)C2(C)C)[C@@H](NC(=O)c1ccccc1)c1ccccc1. The number of nitrogens with one attached hydrogen (secondary N) is 1. The second-order valence-electron chi connectivity index (χ2n) is 23.1. The van der Waals surface area contributed by atoms with E-state index < -0.39 is 119 Å². The van der Waals surface area contributed by atoms with Crippen LogP contribution in [-0.2, 0) is 52.3 Å². The Balaban J connectivity index is 1.21. The van der Waals surface area contributed by atoms with Crippen molar-refractivity contribution in [3.05, 3.63) is 143 Å². The van der Waals surface area contributed by atoms with Crippen LogP contribution in [-0.4, -0.2) is 113 Å².